The Hall–Kier alpha value is -2.54. The molecule has 0 radical (unpaired) electrons. The highest BCUT2D eigenvalue weighted by Crippen LogP contribution is 2.39. The van der Waals surface area contributed by atoms with E-state index in [4.69, 9.17) is 4.74 Å². The molecule has 0 saturated carbocycles. The van der Waals surface area contributed by atoms with Gasteiger partial charge < -0.3 is 4.74 Å². The molecule has 4 rings (SSSR count). The van der Waals surface area contributed by atoms with Crippen LogP contribution in [0.2, 0.25) is 0 Å². The van der Waals surface area contributed by atoms with E-state index in [9.17, 15) is 13.2 Å². The molecule has 2 aliphatic rings. The zero-order chi connectivity index (χ0) is 18.5. The molecule has 2 amide bonds. The third-order valence-electron chi connectivity index (χ3n) is 5.08. The Morgan fingerprint density at radius 1 is 1.00 bits per heavy atom. The second kappa shape index (κ2) is 6.02. The summed E-state index contributed by atoms with van der Waals surface area (Å²) in [6.07, 6.45) is 0. The topological polar surface area (TPSA) is 66.9 Å². The van der Waals surface area contributed by atoms with E-state index in [2.05, 4.69) is 0 Å². The lowest BCUT2D eigenvalue weighted by molar-refractivity contribution is 0.255. The van der Waals surface area contributed by atoms with E-state index in [0.29, 0.717) is 11.4 Å². The SMILES string of the molecule is COc1cccc(N2C(=O)N(c3ccccc3C)C3CS(=O)(=O)CC32)c1. The average Bonchev–Trinajstić information content (AvgIpc) is 3.04. The zero-order valence-corrected chi connectivity index (χ0v) is 15.4. The van der Waals surface area contributed by atoms with Crippen LogP contribution in [-0.2, 0) is 9.84 Å². The summed E-state index contributed by atoms with van der Waals surface area (Å²) in [5.41, 5.74) is 2.35. The number of urea groups is 1. The molecule has 7 heteroatoms. The van der Waals surface area contributed by atoms with Crippen LogP contribution in [0.3, 0.4) is 0 Å². The molecular formula is C19H20N2O4S. The van der Waals surface area contributed by atoms with Crippen molar-refractivity contribution in [1.82, 2.24) is 0 Å². The van der Waals surface area contributed by atoms with E-state index in [1.54, 1.807) is 35.1 Å². The van der Waals surface area contributed by atoms with Gasteiger partial charge in [-0.1, -0.05) is 24.3 Å². The molecule has 2 aromatic carbocycles. The van der Waals surface area contributed by atoms with Crippen molar-refractivity contribution in [2.45, 2.75) is 19.0 Å². The molecule has 2 aliphatic heterocycles. The Morgan fingerprint density at radius 3 is 2.38 bits per heavy atom. The molecular weight excluding hydrogens is 352 g/mol. The summed E-state index contributed by atoms with van der Waals surface area (Å²) in [5.74, 6) is 0.586. The quantitative estimate of drug-likeness (QED) is 0.777. The van der Waals surface area contributed by atoms with Gasteiger partial charge in [0.05, 0.1) is 30.7 Å². The number of hydrogen-bond acceptors (Lipinski definition) is 4. The Balaban J connectivity index is 1.83. The van der Waals surface area contributed by atoms with Gasteiger partial charge in [0.2, 0.25) is 0 Å². The monoisotopic (exact) mass is 372 g/mol. The molecule has 0 bridgehead atoms. The Kier molecular flexibility index (Phi) is 3.91. The van der Waals surface area contributed by atoms with Crippen molar-refractivity contribution in [2.24, 2.45) is 0 Å². The van der Waals surface area contributed by atoms with Crippen molar-refractivity contribution >= 4 is 27.2 Å². The number of rotatable bonds is 3. The van der Waals surface area contributed by atoms with Crippen molar-refractivity contribution in [1.29, 1.82) is 0 Å². The van der Waals surface area contributed by atoms with Gasteiger partial charge in [0, 0.05) is 17.4 Å². The van der Waals surface area contributed by atoms with Gasteiger partial charge in [-0.15, -0.1) is 0 Å². The van der Waals surface area contributed by atoms with Crippen LogP contribution in [0.25, 0.3) is 0 Å². The second-order valence-corrected chi connectivity index (χ2v) is 8.88. The average molecular weight is 372 g/mol. The van der Waals surface area contributed by atoms with E-state index >= 15 is 0 Å². The molecule has 26 heavy (non-hydrogen) atoms. The number of carbonyl (C=O) groups is 1. The highest BCUT2D eigenvalue weighted by Gasteiger charge is 2.54. The number of amides is 2. The van der Waals surface area contributed by atoms with E-state index < -0.39 is 15.9 Å². The summed E-state index contributed by atoms with van der Waals surface area (Å²) in [6.45, 7) is 1.93. The van der Waals surface area contributed by atoms with Crippen LogP contribution in [-0.4, -0.2) is 45.1 Å². The maximum atomic E-state index is 13.3. The van der Waals surface area contributed by atoms with E-state index in [-0.39, 0.29) is 23.6 Å². The molecule has 2 fully saturated rings. The lowest BCUT2D eigenvalue weighted by Crippen LogP contribution is -2.38. The summed E-state index contributed by atoms with van der Waals surface area (Å²) >= 11 is 0. The van der Waals surface area contributed by atoms with Gasteiger partial charge in [-0.25, -0.2) is 13.2 Å². The van der Waals surface area contributed by atoms with Gasteiger partial charge in [-0.3, -0.25) is 9.80 Å². The maximum absolute atomic E-state index is 13.3. The Morgan fingerprint density at radius 2 is 1.69 bits per heavy atom. The number of aryl methyl sites for hydroxylation is 1. The highest BCUT2D eigenvalue weighted by atomic mass is 32.2. The minimum atomic E-state index is -3.21. The van der Waals surface area contributed by atoms with Gasteiger partial charge in [-0.2, -0.15) is 0 Å². The molecule has 2 aromatic rings. The zero-order valence-electron chi connectivity index (χ0n) is 14.6. The van der Waals surface area contributed by atoms with Gasteiger partial charge >= 0.3 is 6.03 Å². The van der Waals surface area contributed by atoms with E-state index in [1.807, 2.05) is 37.3 Å². The number of benzene rings is 2. The van der Waals surface area contributed by atoms with Gasteiger partial charge in [0.1, 0.15) is 5.75 Å². The number of carbonyl (C=O) groups excluding carboxylic acids is 1. The molecule has 0 aliphatic carbocycles. The van der Waals surface area contributed by atoms with E-state index in [1.165, 1.54) is 0 Å². The lowest BCUT2D eigenvalue weighted by Gasteiger charge is -2.24. The Labute approximate surface area is 152 Å². The van der Waals surface area contributed by atoms with Crippen LogP contribution in [0, 0.1) is 6.92 Å². The number of methoxy groups -OCH3 is 1. The first-order chi connectivity index (χ1) is 12.4. The Bertz CT molecular complexity index is 973. The summed E-state index contributed by atoms with van der Waals surface area (Å²) in [4.78, 5) is 16.5. The molecule has 136 valence electrons. The number of fused-ring (bicyclic) bond motifs is 1. The minimum Gasteiger partial charge on any atom is -0.497 e. The number of ether oxygens (including phenoxy) is 1. The lowest BCUT2D eigenvalue weighted by atomic mass is 10.1. The first-order valence-corrected chi connectivity index (χ1v) is 10.3. The summed E-state index contributed by atoms with van der Waals surface area (Å²) in [5, 5.41) is 0. The standard InChI is InChI=1S/C19H20N2O4S/c1-13-6-3-4-9-16(13)21-18-12-26(23,24)11-17(18)20(19(21)22)14-7-5-8-15(10-14)25-2/h3-10,17-18H,11-12H2,1-2H3. The molecule has 2 saturated heterocycles. The van der Waals surface area contributed by atoms with Crippen LogP contribution in [0.4, 0.5) is 16.2 Å². The molecule has 2 unspecified atom stereocenters. The first kappa shape index (κ1) is 16.9. The molecule has 6 nitrogen and oxygen atoms in total. The molecule has 2 heterocycles. The van der Waals surface area contributed by atoms with Crippen molar-refractivity contribution < 1.29 is 17.9 Å². The number of nitrogens with zero attached hydrogens (tertiary/aromatic N) is 2. The van der Waals surface area contributed by atoms with Crippen molar-refractivity contribution in [3.05, 3.63) is 54.1 Å². The van der Waals surface area contributed by atoms with Crippen molar-refractivity contribution in [3.63, 3.8) is 0 Å². The van der Waals surface area contributed by atoms with Crippen LogP contribution in [0.15, 0.2) is 48.5 Å². The summed E-state index contributed by atoms with van der Waals surface area (Å²) < 4.78 is 29.9. The molecule has 2 atom stereocenters. The van der Waals surface area contributed by atoms with Crippen LogP contribution in [0.1, 0.15) is 5.56 Å². The second-order valence-electron chi connectivity index (χ2n) is 6.72. The third kappa shape index (κ3) is 2.63. The predicted molar refractivity (Wildman–Crippen MR) is 101 cm³/mol. The fourth-order valence-electron chi connectivity index (χ4n) is 3.88. The predicted octanol–water partition coefficient (Wildman–Crippen LogP) is 2.62. The fourth-order valence-corrected chi connectivity index (χ4v) is 5.80. The number of anilines is 2. The number of sulfone groups is 1. The smallest absolute Gasteiger partial charge is 0.329 e. The summed E-state index contributed by atoms with van der Waals surface area (Å²) in [6, 6.07) is 13.7. The van der Waals surface area contributed by atoms with E-state index in [0.717, 1.165) is 11.3 Å². The normalized spacial score (nSPS) is 24.0. The molecule has 0 spiro atoms. The van der Waals surface area contributed by atoms with Crippen molar-refractivity contribution in [2.75, 3.05) is 28.4 Å². The van der Waals surface area contributed by atoms with Gasteiger partial charge in [-0.05, 0) is 30.7 Å². The minimum absolute atomic E-state index is 0.0157. The van der Waals surface area contributed by atoms with Gasteiger partial charge in [0.25, 0.3) is 0 Å². The molecule has 0 aromatic heterocycles. The highest BCUT2D eigenvalue weighted by molar-refractivity contribution is 7.91. The van der Waals surface area contributed by atoms with Crippen LogP contribution in [0.5, 0.6) is 5.75 Å². The van der Waals surface area contributed by atoms with Crippen molar-refractivity contribution in [3.8, 4) is 5.75 Å². The number of para-hydroxylation sites is 1. The van der Waals surface area contributed by atoms with Crippen LogP contribution < -0.4 is 14.5 Å². The summed E-state index contributed by atoms with van der Waals surface area (Å²) in [7, 11) is -1.64. The maximum Gasteiger partial charge on any atom is 0.329 e. The molecule has 0 N–H and O–H groups in total. The van der Waals surface area contributed by atoms with Gasteiger partial charge in [0.15, 0.2) is 9.84 Å². The fraction of sp³-hybridized carbons (Fsp3) is 0.316. The largest absolute Gasteiger partial charge is 0.497 e. The number of hydrogen-bond donors (Lipinski definition) is 0. The van der Waals surface area contributed by atoms with Crippen LogP contribution >= 0.6 is 0 Å². The first-order valence-electron chi connectivity index (χ1n) is 8.44. The third-order valence-corrected chi connectivity index (χ3v) is 6.77.